The van der Waals surface area contributed by atoms with Crippen LogP contribution in [0.3, 0.4) is 0 Å². The van der Waals surface area contributed by atoms with Gasteiger partial charge in [-0.3, -0.25) is 14.2 Å². The number of carbonyl (C=O) groups is 1. The summed E-state index contributed by atoms with van der Waals surface area (Å²) in [4.78, 5) is 12.4. The number of hydrogen-bond donors (Lipinski definition) is 1. The molecule has 28 heavy (non-hydrogen) atoms. The number of aromatic nitrogens is 6. The van der Waals surface area contributed by atoms with Gasteiger partial charge in [0.25, 0.3) is 5.91 Å². The molecule has 0 unspecified atom stereocenters. The van der Waals surface area contributed by atoms with E-state index in [-0.39, 0.29) is 5.91 Å². The zero-order valence-corrected chi connectivity index (χ0v) is 16.7. The number of carbonyl (C=O) groups excluding carboxylic acids is 1. The van der Waals surface area contributed by atoms with Gasteiger partial charge >= 0.3 is 0 Å². The van der Waals surface area contributed by atoms with Crippen LogP contribution in [0.15, 0.2) is 65.8 Å². The first-order valence-electron chi connectivity index (χ1n) is 8.66. The Morgan fingerprint density at radius 3 is 2.75 bits per heavy atom. The quantitative estimate of drug-likeness (QED) is 0.500. The van der Waals surface area contributed by atoms with Crippen molar-refractivity contribution in [2.24, 2.45) is 0 Å². The highest BCUT2D eigenvalue weighted by Gasteiger charge is 2.11. The van der Waals surface area contributed by atoms with Crippen molar-refractivity contribution in [3.63, 3.8) is 0 Å². The second-order valence-corrected chi connectivity index (χ2v) is 7.37. The third kappa shape index (κ3) is 4.37. The predicted molar refractivity (Wildman–Crippen MR) is 108 cm³/mol. The lowest BCUT2D eigenvalue weighted by Gasteiger charge is -2.03. The molecule has 0 aliphatic carbocycles. The first-order chi connectivity index (χ1) is 13.5. The van der Waals surface area contributed by atoms with Crippen molar-refractivity contribution < 1.29 is 4.79 Å². The topological polar surface area (TPSA) is 82.6 Å². The Morgan fingerprint density at radius 2 is 1.96 bits per heavy atom. The van der Waals surface area contributed by atoms with Crippen molar-refractivity contribution in [3.05, 3.63) is 82.6 Å². The van der Waals surface area contributed by atoms with E-state index in [0.717, 1.165) is 10.0 Å². The standard InChI is InChI=1S/C19H18BrN7O/c1-14-3-2-4-15(7-14)10-26-12-17(9-22-26)23-19(28)18-5-6-25(24-18)13-27-11-16(20)8-21-27/h2-9,11-12H,10,13H2,1H3,(H,23,28). The average molecular weight is 440 g/mol. The molecule has 9 heteroatoms. The Morgan fingerprint density at radius 1 is 1.11 bits per heavy atom. The summed E-state index contributed by atoms with van der Waals surface area (Å²) >= 11 is 3.35. The van der Waals surface area contributed by atoms with E-state index in [2.05, 4.69) is 61.7 Å². The highest BCUT2D eigenvalue weighted by Crippen LogP contribution is 2.11. The Balaban J connectivity index is 1.38. The minimum absolute atomic E-state index is 0.282. The molecule has 3 heterocycles. The second-order valence-electron chi connectivity index (χ2n) is 6.45. The molecule has 0 bridgehead atoms. The minimum atomic E-state index is -0.282. The maximum atomic E-state index is 12.4. The van der Waals surface area contributed by atoms with E-state index >= 15 is 0 Å². The van der Waals surface area contributed by atoms with Gasteiger partial charge in [0.15, 0.2) is 5.69 Å². The summed E-state index contributed by atoms with van der Waals surface area (Å²) < 4.78 is 6.04. The minimum Gasteiger partial charge on any atom is -0.318 e. The lowest BCUT2D eigenvalue weighted by molar-refractivity contribution is 0.102. The smallest absolute Gasteiger partial charge is 0.276 e. The molecule has 0 aliphatic heterocycles. The lowest BCUT2D eigenvalue weighted by atomic mass is 10.1. The zero-order valence-electron chi connectivity index (χ0n) is 15.2. The van der Waals surface area contributed by atoms with Crippen LogP contribution in [0, 0.1) is 6.92 Å². The molecule has 0 aliphatic rings. The van der Waals surface area contributed by atoms with Crippen molar-refractivity contribution in [3.8, 4) is 0 Å². The van der Waals surface area contributed by atoms with Crippen LogP contribution in [0.25, 0.3) is 0 Å². The summed E-state index contributed by atoms with van der Waals surface area (Å²) in [7, 11) is 0. The van der Waals surface area contributed by atoms with Gasteiger partial charge in [-0.2, -0.15) is 15.3 Å². The summed E-state index contributed by atoms with van der Waals surface area (Å²) in [6.07, 6.45) is 8.71. The summed E-state index contributed by atoms with van der Waals surface area (Å²) in [5.74, 6) is -0.282. The summed E-state index contributed by atoms with van der Waals surface area (Å²) in [5.41, 5.74) is 3.32. The van der Waals surface area contributed by atoms with Gasteiger partial charge in [-0.15, -0.1) is 0 Å². The largest absolute Gasteiger partial charge is 0.318 e. The fourth-order valence-corrected chi connectivity index (χ4v) is 3.16. The van der Waals surface area contributed by atoms with E-state index in [1.807, 2.05) is 12.3 Å². The molecule has 1 aromatic carbocycles. The Bertz CT molecular complexity index is 1110. The summed E-state index contributed by atoms with van der Waals surface area (Å²) in [6, 6.07) is 9.92. The normalized spacial score (nSPS) is 10.9. The lowest BCUT2D eigenvalue weighted by Crippen LogP contribution is -2.14. The molecule has 142 valence electrons. The van der Waals surface area contributed by atoms with Crippen LogP contribution in [-0.4, -0.2) is 35.2 Å². The molecule has 0 atom stereocenters. The Hall–Kier alpha value is -3.20. The summed E-state index contributed by atoms with van der Waals surface area (Å²) in [5, 5.41) is 15.6. The molecule has 8 nitrogen and oxygen atoms in total. The highest BCUT2D eigenvalue weighted by atomic mass is 79.9. The molecule has 0 saturated heterocycles. The van der Waals surface area contributed by atoms with Crippen LogP contribution in [-0.2, 0) is 13.2 Å². The molecule has 3 aromatic heterocycles. The molecule has 1 amide bonds. The Labute approximate surface area is 169 Å². The van der Waals surface area contributed by atoms with Gasteiger partial charge in [0.2, 0.25) is 0 Å². The van der Waals surface area contributed by atoms with E-state index in [1.165, 1.54) is 5.56 Å². The van der Waals surface area contributed by atoms with Crippen LogP contribution in [0.2, 0.25) is 0 Å². The van der Waals surface area contributed by atoms with Crippen molar-refractivity contribution in [1.29, 1.82) is 0 Å². The predicted octanol–water partition coefficient (Wildman–Crippen LogP) is 3.15. The molecule has 4 rings (SSSR count). The van der Waals surface area contributed by atoms with Gasteiger partial charge in [-0.05, 0) is 34.5 Å². The molecule has 0 fully saturated rings. The van der Waals surface area contributed by atoms with Gasteiger partial charge in [-0.25, -0.2) is 4.68 Å². The van der Waals surface area contributed by atoms with E-state index in [4.69, 9.17) is 0 Å². The molecular weight excluding hydrogens is 422 g/mol. The van der Waals surface area contributed by atoms with E-state index in [1.54, 1.807) is 44.9 Å². The number of rotatable bonds is 6. The third-order valence-corrected chi connectivity index (χ3v) is 4.49. The molecule has 1 N–H and O–H groups in total. The summed E-state index contributed by atoms with van der Waals surface area (Å²) in [6.45, 7) is 3.13. The monoisotopic (exact) mass is 439 g/mol. The SMILES string of the molecule is Cc1cccc(Cn2cc(NC(=O)c3ccn(Cn4cc(Br)cn4)n3)cn2)c1. The first-order valence-corrected chi connectivity index (χ1v) is 9.45. The van der Waals surface area contributed by atoms with Gasteiger partial charge in [-0.1, -0.05) is 29.8 Å². The van der Waals surface area contributed by atoms with E-state index < -0.39 is 0 Å². The van der Waals surface area contributed by atoms with Crippen molar-refractivity contribution in [1.82, 2.24) is 29.3 Å². The molecule has 4 aromatic rings. The number of halogens is 1. The van der Waals surface area contributed by atoms with Gasteiger partial charge in [0, 0.05) is 18.6 Å². The Kier molecular flexibility index (Phi) is 5.07. The molecular formula is C19H18BrN7O. The fourth-order valence-electron chi connectivity index (χ4n) is 2.83. The van der Waals surface area contributed by atoms with Crippen LogP contribution in [0.5, 0.6) is 0 Å². The van der Waals surface area contributed by atoms with Gasteiger partial charge in [0.05, 0.1) is 29.1 Å². The number of nitrogens with zero attached hydrogens (tertiary/aromatic N) is 6. The number of nitrogens with one attached hydrogen (secondary N) is 1. The van der Waals surface area contributed by atoms with E-state index in [0.29, 0.717) is 24.6 Å². The number of amides is 1. The maximum Gasteiger partial charge on any atom is 0.276 e. The first kappa shape index (κ1) is 18.2. The third-order valence-electron chi connectivity index (χ3n) is 4.08. The number of aryl methyl sites for hydroxylation is 1. The molecule has 0 saturated carbocycles. The highest BCUT2D eigenvalue weighted by molar-refractivity contribution is 9.10. The number of hydrogen-bond acceptors (Lipinski definition) is 4. The second kappa shape index (κ2) is 7.81. The van der Waals surface area contributed by atoms with Crippen LogP contribution < -0.4 is 5.32 Å². The fraction of sp³-hybridized carbons (Fsp3) is 0.158. The molecule has 0 spiro atoms. The average Bonchev–Trinajstić information content (AvgIpc) is 3.38. The number of anilines is 1. The molecule has 0 radical (unpaired) electrons. The zero-order chi connectivity index (χ0) is 19.5. The van der Waals surface area contributed by atoms with Crippen LogP contribution in [0.4, 0.5) is 5.69 Å². The van der Waals surface area contributed by atoms with Gasteiger partial charge in [0.1, 0.15) is 6.67 Å². The van der Waals surface area contributed by atoms with Gasteiger partial charge < -0.3 is 5.32 Å². The van der Waals surface area contributed by atoms with Crippen molar-refractivity contribution >= 4 is 27.5 Å². The van der Waals surface area contributed by atoms with E-state index in [9.17, 15) is 4.79 Å². The van der Waals surface area contributed by atoms with Crippen molar-refractivity contribution in [2.75, 3.05) is 5.32 Å². The number of benzene rings is 1. The van der Waals surface area contributed by atoms with Crippen molar-refractivity contribution in [2.45, 2.75) is 20.1 Å². The van der Waals surface area contributed by atoms with Crippen LogP contribution >= 0.6 is 15.9 Å². The maximum absolute atomic E-state index is 12.4. The van der Waals surface area contributed by atoms with Crippen LogP contribution in [0.1, 0.15) is 21.6 Å².